The SMILES string of the molecule is O=C(O)CC1CN(C(=O)CC(F)(F)F)c2ccccc21. The van der Waals surface area contributed by atoms with Crippen LogP contribution in [-0.2, 0) is 9.59 Å². The fraction of sp³-hybridized carbons (Fsp3) is 0.385. The number of amides is 1. The highest BCUT2D eigenvalue weighted by Crippen LogP contribution is 2.39. The molecule has 1 heterocycles. The molecule has 0 aliphatic carbocycles. The second-order valence-corrected chi connectivity index (χ2v) is 4.65. The number of benzene rings is 1. The maximum atomic E-state index is 12.3. The molecule has 0 spiro atoms. The van der Waals surface area contributed by atoms with Gasteiger partial charge in [0.1, 0.15) is 6.42 Å². The summed E-state index contributed by atoms with van der Waals surface area (Å²) in [6.45, 7) is -0.0272. The normalized spacial score (nSPS) is 17.9. The largest absolute Gasteiger partial charge is 0.481 e. The Morgan fingerprint density at radius 2 is 1.95 bits per heavy atom. The number of fused-ring (bicyclic) bond motifs is 1. The van der Waals surface area contributed by atoms with E-state index in [1.165, 1.54) is 6.07 Å². The minimum atomic E-state index is -4.57. The second kappa shape index (κ2) is 5.15. The van der Waals surface area contributed by atoms with Crippen molar-refractivity contribution >= 4 is 17.6 Å². The lowest BCUT2D eigenvalue weighted by atomic mass is 9.98. The number of hydrogen-bond acceptors (Lipinski definition) is 2. The zero-order valence-electron chi connectivity index (χ0n) is 10.4. The van der Waals surface area contributed by atoms with Gasteiger partial charge >= 0.3 is 12.1 Å². The first-order valence-electron chi connectivity index (χ1n) is 5.96. The Morgan fingerprint density at radius 3 is 2.55 bits per heavy atom. The van der Waals surface area contributed by atoms with Crippen LogP contribution in [0.5, 0.6) is 0 Å². The molecular weight excluding hydrogens is 275 g/mol. The van der Waals surface area contributed by atoms with Crippen LogP contribution < -0.4 is 4.90 Å². The third-order valence-corrected chi connectivity index (χ3v) is 3.14. The summed E-state index contributed by atoms with van der Waals surface area (Å²) in [6, 6.07) is 6.45. The van der Waals surface area contributed by atoms with Crippen molar-refractivity contribution in [3.05, 3.63) is 29.8 Å². The van der Waals surface area contributed by atoms with Crippen LogP contribution in [0.4, 0.5) is 18.9 Å². The number of carboxylic acids is 1. The Balaban J connectivity index is 2.25. The summed E-state index contributed by atoms with van der Waals surface area (Å²) in [6.07, 6.45) is -6.33. The Hall–Kier alpha value is -2.05. The molecule has 0 fully saturated rings. The Kier molecular flexibility index (Phi) is 3.69. The second-order valence-electron chi connectivity index (χ2n) is 4.65. The van der Waals surface area contributed by atoms with Crippen LogP contribution in [0.25, 0.3) is 0 Å². The first-order chi connectivity index (χ1) is 9.28. The van der Waals surface area contributed by atoms with Gasteiger partial charge in [0.25, 0.3) is 0 Å². The number of hydrogen-bond donors (Lipinski definition) is 1. The van der Waals surface area contributed by atoms with Crippen LogP contribution in [-0.4, -0.2) is 29.7 Å². The lowest BCUT2D eigenvalue weighted by Gasteiger charge is -2.18. The Morgan fingerprint density at radius 1 is 1.30 bits per heavy atom. The highest BCUT2D eigenvalue weighted by Gasteiger charge is 2.38. The molecule has 1 aliphatic heterocycles. The molecule has 2 rings (SSSR count). The zero-order valence-corrected chi connectivity index (χ0v) is 10.4. The number of carbonyl (C=O) groups excluding carboxylic acids is 1. The number of carbonyl (C=O) groups is 2. The summed E-state index contributed by atoms with van der Waals surface area (Å²) in [5.41, 5.74) is 0.971. The smallest absolute Gasteiger partial charge is 0.397 e. The molecule has 1 aromatic rings. The lowest BCUT2D eigenvalue weighted by molar-refractivity contribution is -0.152. The van der Waals surface area contributed by atoms with E-state index >= 15 is 0 Å². The minimum Gasteiger partial charge on any atom is -0.481 e. The van der Waals surface area contributed by atoms with Crippen LogP contribution in [0, 0.1) is 0 Å². The van der Waals surface area contributed by atoms with Gasteiger partial charge in [-0.05, 0) is 11.6 Å². The molecular formula is C13H12F3NO3. The first kappa shape index (κ1) is 14.4. The van der Waals surface area contributed by atoms with Gasteiger partial charge in [0, 0.05) is 18.2 Å². The molecule has 0 radical (unpaired) electrons. The van der Waals surface area contributed by atoms with Crippen LogP contribution in [0.3, 0.4) is 0 Å². The Bertz CT molecular complexity index is 542. The minimum absolute atomic E-state index is 0.0272. The predicted molar refractivity (Wildman–Crippen MR) is 64.5 cm³/mol. The lowest BCUT2D eigenvalue weighted by Crippen LogP contribution is -2.33. The molecule has 1 aromatic carbocycles. The number of alkyl halides is 3. The van der Waals surface area contributed by atoms with Gasteiger partial charge in [0.05, 0.1) is 6.42 Å². The number of nitrogens with zero attached hydrogens (tertiary/aromatic N) is 1. The molecule has 7 heteroatoms. The maximum Gasteiger partial charge on any atom is 0.397 e. The van der Waals surface area contributed by atoms with E-state index in [4.69, 9.17) is 5.11 Å². The van der Waals surface area contributed by atoms with E-state index in [1.54, 1.807) is 18.2 Å². The van der Waals surface area contributed by atoms with Crippen molar-refractivity contribution in [3.8, 4) is 0 Å². The fourth-order valence-corrected chi connectivity index (χ4v) is 2.38. The van der Waals surface area contributed by atoms with Crippen molar-refractivity contribution < 1.29 is 27.9 Å². The molecule has 1 aliphatic rings. The van der Waals surface area contributed by atoms with E-state index < -0.39 is 30.4 Å². The number of halogens is 3. The van der Waals surface area contributed by atoms with Gasteiger partial charge < -0.3 is 10.0 Å². The molecule has 0 saturated heterocycles. The van der Waals surface area contributed by atoms with Crippen LogP contribution >= 0.6 is 0 Å². The molecule has 20 heavy (non-hydrogen) atoms. The first-order valence-corrected chi connectivity index (χ1v) is 5.96. The molecule has 0 saturated carbocycles. The monoisotopic (exact) mass is 287 g/mol. The molecule has 0 bridgehead atoms. The van der Waals surface area contributed by atoms with Gasteiger partial charge in [-0.2, -0.15) is 13.2 Å². The topological polar surface area (TPSA) is 57.6 Å². The van der Waals surface area contributed by atoms with Crippen LogP contribution in [0.2, 0.25) is 0 Å². The van der Waals surface area contributed by atoms with Crippen LogP contribution in [0.15, 0.2) is 24.3 Å². The third-order valence-electron chi connectivity index (χ3n) is 3.14. The average Bonchev–Trinajstić information content (AvgIpc) is 2.66. The third kappa shape index (κ3) is 3.09. The molecule has 1 unspecified atom stereocenters. The number of anilines is 1. The molecule has 1 atom stereocenters. The van der Waals surface area contributed by atoms with Gasteiger partial charge in [-0.3, -0.25) is 9.59 Å². The predicted octanol–water partition coefficient (Wildman–Crippen LogP) is 2.54. The van der Waals surface area contributed by atoms with E-state index in [9.17, 15) is 22.8 Å². The standard InChI is InChI=1S/C13H12F3NO3/c14-13(15,16)6-11(18)17-7-8(5-12(19)20)9-3-1-2-4-10(9)17/h1-4,8H,5-7H2,(H,19,20). The maximum absolute atomic E-state index is 12.3. The van der Waals surface area contributed by atoms with E-state index in [2.05, 4.69) is 0 Å². The van der Waals surface area contributed by atoms with Crippen molar-refractivity contribution in [1.82, 2.24) is 0 Å². The zero-order chi connectivity index (χ0) is 14.9. The summed E-state index contributed by atoms with van der Waals surface area (Å²) in [5, 5.41) is 8.83. The summed E-state index contributed by atoms with van der Waals surface area (Å²) < 4.78 is 36.9. The van der Waals surface area contributed by atoms with Gasteiger partial charge in [0.2, 0.25) is 5.91 Å². The van der Waals surface area contributed by atoms with Gasteiger partial charge in [-0.25, -0.2) is 0 Å². The quantitative estimate of drug-likeness (QED) is 0.929. The number of rotatable bonds is 3. The van der Waals surface area contributed by atoms with Crippen LogP contribution in [0.1, 0.15) is 24.3 Å². The van der Waals surface area contributed by atoms with E-state index in [-0.39, 0.29) is 13.0 Å². The van der Waals surface area contributed by atoms with E-state index in [0.717, 1.165) is 4.90 Å². The Labute approximate surface area is 112 Å². The molecule has 0 aromatic heterocycles. The summed E-state index contributed by atoms with van der Waals surface area (Å²) in [7, 11) is 0. The number of aliphatic carboxylic acids is 1. The van der Waals surface area contributed by atoms with Crippen molar-refractivity contribution in [2.45, 2.75) is 24.9 Å². The van der Waals surface area contributed by atoms with Gasteiger partial charge in [-0.1, -0.05) is 18.2 Å². The molecule has 108 valence electrons. The summed E-state index contributed by atoms with van der Waals surface area (Å²) in [5.74, 6) is -2.58. The highest BCUT2D eigenvalue weighted by atomic mass is 19.4. The van der Waals surface area contributed by atoms with Crippen molar-refractivity contribution in [2.75, 3.05) is 11.4 Å². The van der Waals surface area contributed by atoms with Gasteiger partial charge in [0.15, 0.2) is 0 Å². The van der Waals surface area contributed by atoms with Crippen molar-refractivity contribution in [1.29, 1.82) is 0 Å². The molecule has 1 N–H and O–H groups in total. The average molecular weight is 287 g/mol. The highest BCUT2D eigenvalue weighted by molar-refractivity contribution is 5.96. The fourth-order valence-electron chi connectivity index (χ4n) is 2.38. The summed E-state index contributed by atoms with van der Waals surface area (Å²) in [4.78, 5) is 23.5. The summed E-state index contributed by atoms with van der Waals surface area (Å²) >= 11 is 0. The molecule has 4 nitrogen and oxygen atoms in total. The van der Waals surface area contributed by atoms with Crippen molar-refractivity contribution in [2.24, 2.45) is 0 Å². The molecule has 1 amide bonds. The van der Waals surface area contributed by atoms with Crippen molar-refractivity contribution in [3.63, 3.8) is 0 Å². The van der Waals surface area contributed by atoms with Gasteiger partial charge in [-0.15, -0.1) is 0 Å². The number of carboxylic acid groups (broad SMARTS) is 1. The van der Waals surface area contributed by atoms with E-state index in [0.29, 0.717) is 11.3 Å². The van der Waals surface area contributed by atoms with E-state index in [1.807, 2.05) is 0 Å². The number of para-hydroxylation sites is 1.